The summed E-state index contributed by atoms with van der Waals surface area (Å²) in [5.74, 6) is 0.535. The predicted molar refractivity (Wildman–Crippen MR) is 54.6 cm³/mol. The fourth-order valence-corrected chi connectivity index (χ4v) is 1.03. The topological polar surface area (TPSA) is 45.2 Å². The van der Waals surface area contributed by atoms with Gasteiger partial charge in [0.25, 0.3) is 0 Å². The van der Waals surface area contributed by atoms with Crippen LogP contribution in [0.2, 0.25) is 0 Å². The molecule has 0 fully saturated rings. The minimum absolute atomic E-state index is 0.189. The molecule has 0 saturated heterocycles. The van der Waals surface area contributed by atoms with E-state index in [1.807, 2.05) is 0 Å². The molecule has 0 unspecified atom stereocenters. The van der Waals surface area contributed by atoms with E-state index in [2.05, 4.69) is 26.2 Å². The molecule has 1 rings (SSSR count). The van der Waals surface area contributed by atoms with Gasteiger partial charge >= 0.3 is 6.03 Å². The Balaban J connectivity index is 2.69. The van der Waals surface area contributed by atoms with E-state index in [4.69, 9.17) is 0 Å². The Morgan fingerprint density at radius 1 is 1.62 bits per heavy atom. The van der Waals surface area contributed by atoms with Crippen molar-refractivity contribution in [3.05, 3.63) is 22.8 Å². The van der Waals surface area contributed by atoms with Gasteiger partial charge in [0.05, 0.1) is 0 Å². The van der Waals surface area contributed by atoms with Crippen LogP contribution in [0.3, 0.4) is 0 Å². The quantitative estimate of drug-likeness (QED) is 0.820. The van der Waals surface area contributed by atoms with E-state index in [1.165, 1.54) is 4.90 Å². The number of rotatable bonds is 1. The van der Waals surface area contributed by atoms with Crippen LogP contribution in [0.5, 0.6) is 0 Å². The van der Waals surface area contributed by atoms with Crippen LogP contribution in [0.1, 0.15) is 0 Å². The highest BCUT2D eigenvalue weighted by atomic mass is 79.9. The van der Waals surface area contributed by atoms with Crippen LogP contribution in [0.4, 0.5) is 10.6 Å². The van der Waals surface area contributed by atoms with Crippen LogP contribution in [0, 0.1) is 0 Å². The number of anilines is 1. The van der Waals surface area contributed by atoms with Gasteiger partial charge < -0.3 is 4.90 Å². The zero-order valence-electron chi connectivity index (χ0n) is 7.41. The molecule has 0 radical (unpaired) electrons. The van der Waals surface area contributed by atoms with Crippen molar-refractivity contribution in [1.82, 2.24) is 9.88 Å². The minimum atomic E-state index is -0.189. The van der Waals surface area contributed by atoms with Crippen LogP contribution in [-0.2, 0) is 0 Å². The fraction of sp³-hybridized carbons (Fsp3) is 0.250. The number of nitrogens with one attached hydrogen (secondary N) is 1. The van der Waals surface area contributed by atoms with Crippen molar-refractivity contribution in [2.24, 2.45) is 0 Å². The molecule has 2 amide bonds. The zero-order chi connectivity index (χ0) is 9.84. The number of halogens is 1. The van der Waals surface area contributed by atoms with E-state index in [-0.39, 0.29) is 6.03 Å². The van der Waals surface area contributed by atoms with Gasteiger partial charge in [-0.15, -0.1) is 0 Å². The highest BCUT2D eigenvalue weighted by Gasteiger charge is 2.03. The number of pyridine rings is 1. The summed E-state index contributed by atoms with van der Waals surface area (Å²) in [6.45, 7) is 0. The minimum Gasteiger partial charge on any atom is -0.331 e. The molecule has 0 aliphatic heterocycles. The normalized spacial score (nSPS) is 9.46. The first-order valence-electron chi connectivity index (χ1n) is 3.69. The highest BCUT2D eigenvalue weighted by Crippen LogP contribution is 2.12. The molecule has 0 spiro atoms. The maximum atomic E-state index is 11.2. The molecule has 1 heterocycles. The summed E-state index contributed by atoms with van der Waals surface area (Å²) in [5.41, 5.74) is 0. The van der Waals surface area contributed by atoms with Gasteiger partial charge in [0, 0.05) is 24.8 Å². The molecule has 1 N–H and O–H groups in total. The standard InChI is InChI=1S/C8H10BrN3O/c1-12(2)8(13)11-7-5-6(9)3-4-10-7/h3-5H,1-2H3,(H,10,11,13). The molecular weight excluding hydrogens is 234 g/mol. The number of hydrogen-bond donors (Lipinski definition) is 1. The van der Waals surface area contributed by atoms with E-state index >= 15 is 0 Å². The van der Waals surface area contributed by atoms with E-state index in [0.29, 0.717) is 5.82 Å². The van der Waals surface area contributed by atoms with Gasteiger partial charge in [-0.05, 0) is 12.1 Å². The molecule has 0 atom stereocenters. The average molecular weight is 244 g/mol. The number of aromatic nitrogens is 1. The third kappa shape index (κ3) is 3.02. The largest absolute Gasteiger partial charge is 0.331 e. The molecule has 13 heavy (non-hydrogen) atoms. The van der Waals surface area contributed by atoms with Crippen molar-refractivity contribution in [3.63, 3.8) is 0 Å². The first-order chi connectivity index (χ1) is 6.09. The van der Waals surface area contributed by atoms with Gasteiger partial charge in [0.15, 0.2) is 0 Å². The lowest BCUT2D eigenvalue weighted by molar-refractivity contribution is 0.230. The van der Waals surface area contributed by atoms with Gasteiger partial charge in [-0.3, -0.25) is 5.32 Å². The van der Waals surface area contributed by atoms with E-state index in [0.717, 1.165) is 4.47 Å². The van der Waals surface area contributed by atoms with Gasteiger partial charge in [0.1, 0.15) is 5.82 Å². The second-order valence-corrected chi connectivity index (χ2v) is 3.60. The van der Waals surface area contributed by atoms with Gasteiger partial charge in [-0.1, -0.05) is 15.9 Å². The van der Waals surface area contributed by atoms with Crippen LogP contribution >= 0.6 is 15.9 Å². The Kier molecular flexibility index (Phi) is 3.25. The predicted octanol–water partition coefficient (Wildman–Crippen LogP) is 1.94. The average Bonchev–Trinajstić information content (AvgIpc) is 2.04. The third-order valence-corrected chi connectivity index (χ3v) is 1.86. The van der Waals surface area contributed by atoms with Crippen molar-refractivity contribution in [2.45, 2.75) is 0 Å². The summed E-state index contributed by atoms with van der Waals surface area (Å²) in [4.78, 5) is 16.6. The number of amides is 2. The summed E-state index contributed by atoms with van der Waals surface area (Å²) in [7, 11) is 3.35. The molecule has 70 valence electrons. The second kappa shape index (κ2) is 4.23. The number of carbonyl (C=O) groups is 1. The van der Waals surface area contributed by atoms with Crippen LogP contribution < -0.4 is 5.32 Å². The lowest BCUT2D eigenvalue weighted by Crippen LogP contribution is -2.27. The van der Waals surface area contributed by atoms with Crippen molar-refractivity contribution in [2.75, 3.05) is 19.4 Å². The Bertz CT molecular complexity index is 314. The molecule has 1 aromatic heterocycles. The zero-order valence-corrected chi connectivity index (χ0v) is 9.00. The number of hydrogen-bond acceptors (Lipinski definition) is 2. The molecule has 1 aromatic rings. The lowest BCUT2D eigenvalue weighted by atomic mass is 10.5. The van der Waals surface area contributed by atoms with Gasteiger partial charge in [-0.25, -0.2) is 9.78 Å². The van der Waals surface area contributed by atoms with Crippen LogP contribution in [0.25, 0.3) is 0 Å². The Hall–Kier alpha value is -1.10. The Morgan fingerprint density at radius 2 is 2.31 bits per heavy atom. The monoisotopic (exact) mass is 243 g/mol. The van der Waals surface area contributed by atoms with Gasteiger partial charge in [-0.2, -0.15) is 0 Å². The van der Waals surface area contributed by atoms with Crippen LogP contribution in [-0.4, -0.2) is 30.0 Å². The van der Waals surface area contributed by atoms with E-state index < -0.39 is 0 Å². The third-order valence-electron chi connectivity index (χ3n) is 1.36. The summed E-state index contributed by atoms with van der Waals surface area (Å²) in [5, 5.41) is 2.63. The van der Waals surface area contributed by atoms with E-state index in [1.54, 1.807) is 32.4 Å². The highest BCUT2D eigenvalue weighted by molar-refractivity contribution is 9.10. The first kappa shape index (κ1) is 9.98. The Morgan fingerprint density at radius 3 is 2.85 bits per heavy atom. The van der Waals surface area contributed by atoms with Gasteiger partial charge in [0.2, 0.25) is 0 Å². The maximum absolute atomic E-state index is 11.2. The summed E-state index contributed by atoms with van der Waals surface area (Å²) in [6, 6.07) is 3.35. The summed E-state index contributed by atoms with van der Waals surface area (Å²) < 4.78 is 0.886. The molecule has 0 saturated carbocycles. The Labute approximate surface area is 85.1 Å². The van der Waals surface area contributed by atoms with E-state index in [9.17, 15) is 4.79 Å². The number of carbonyl (C=O) groups excluding carboxylic acids is 1. The number of nitrogens with zero attached hydrogens (tertiary/aromatic N) is 2. The van der Waals surface area contributed by atoms with Crippen molar-refractivity contribution < 1.29 is 4.79 Å². The maximum Gasteiger partial charge on any atom is 0.322 e. The smallest absolute Gasteiger partial charge is 0.322 e. The molecule has 0 aliphatic carbocycles. The summed E-state index contributed by atoms with van der Waals surface area (Å²) in [6.07, 6.45) is 1.62. The molecule has 0 aromatic carbocycles. The second-order valence-electron chi connectivity index (χ2n) is 2.68. The molecular formula is C8H10BrN3O. The molecule has 0 bridgehead atoms. The SMILES string of the molecule is CN(C)C(=O)Nc1cc(Br)ccn1. The molecule has 5 heteroatoms. The molecule has 4 nitrogen and oxygen atoms in total. The van der Waals surface area contributed by atoms with Crippen molar-refractivity contribution in [3.8, 4) is 0 Å². The lowest BCUT2D eigenvalue weighted by Gasteiger charge is -2.10. The first-order valence-corrected chi connectivity index (χ1v) is 4.49. The number of urea groups is 1. The summed E-state index contributed by atoms with van der Waals surface area (Å²) >= 11 is 3.28. The van der Waals surface area contributed by atoms with Crippen molar-refractivity contribution in [1.29, 1.82) is 0 Å². The fourth-order valence-electron chi connectivity index (χ4n) is 0.694. The van der Waals surface area contributed by atoms with Crippen molar-refractivity contribution >= 4 is 27.8 Å². The van der Waals surface area contributed by atoms with Crippen LogP contribution in [0.15, 0.2) is 22.8 Å². The molecule has 0 aliphatic rings.